The number of nitrogens with zero attached hydrogens (tertiary/aromatic N) is 1. The van der Waals surface area contributed by atoms with Crippen LogP contribution in [0.3, 0.4) is 0 Å². The van der Waals surface area contributed by atoms with Gasteiger partial charge in [0.15, 0.2) is 4.90 Å². The van der Waals surface area contributed by atoms with E-state index in [1.165, 1.54) is 0 Å². The highest BCUT2D eigenvalue weighted by molar-refractivity contribution is 7.89. The van der Waals surface area contributed by atoms with Crippen LogP contribution in [0.25, 0.3) is 0 Å². The first kappa shape index (κ1) is 16.3. The van der Waals surface area contributed by atoms with Crippen molar-refractivity contribution in [3.8, 4) is 0 Å². The Morgan fingerprint density at radius 2 is 2.00 bits per heavy atom. The molecule has 0 radical (unpaired) electrons. The molecule has 2 aliphatic rings. The van der Waals surface area contributed by atoms with Crippen LogP contribution in [0.2, 0.25) is 0 Å². The van der Waals surface area contributed by atoms with Crippen molar-refractivity contribution in [2.45, 2.75) is 11.3 Å². The van der Waals surface area contributed by atoms with E-state index < -0.39 is 43.9 Å². The molecule has 1 aromatic carbocycles. The molecule has 0 spiro atoms. The van der Waals surface area contributed by atoms with Crippen LogP contribution in [-0.4, -0.2) is 50.1 Å². The lowest BCUT2D eigenvalue weighted by atomic mass is 9.76. The Bertz CT molecular complexity index is 733. The molecule has 1 aromatic rings. The molecule has 2 heterocycles. The molecule has 0 saturated carbocycles. The molecular weight excluding hydrogens is 332 g/mol. The molecule has 0 aliphatic carbocycles. The SMILES string of the molecule is O=C(O)[C@]12COCC[C@H]1CN(S(=O)(=O)c1c(F)cccc1F)C2. The monoisotopic (exact) mass is 347 g/mol. The molecule has 0 amide bonds. The summed E-state index contributed by atoms with van der Waals surface area (Å²) >= 11 is 0. The molecule has 126 valence electrons. The normalized spacial score (nSPS) is 28.5. The maximum absolute atomic E-state index is 13.8. The summed E-state index contributed by atoms with van der Waals surface area (Å²) in [6, 6.07) is 2.78. The van der Waals surface area contributed by atoms with Crippen LogP contribution in [0.1, 0.15) is 6.42 Å². The highest BCUT2D eigenvalue weighted by Gasteiger charge is 2.57. The van der Waals surface area contributed by atoms with Crippen LogP contribution in [-0.2, 0) is 19.6 Å². The van der Waals surface area contributed by atoms with Crippen LogP contribution < -0.4 is 0 Å². The lowest BCUT2D eigenvalue weighted by Gasteiger charge is -2.34. The topological polar surface area (TPSA) is 83.9 Å². The second-order valence-corrected chi connectivity index (χ2v) is 7.72. The van der Waals surface area contributed by atoms with E-state index in [-0.39, 0.29) is 19.7 Å². The maximum atomic E-state index is 13.8. The summed E-state index contributed by atoms with van der Waals surface area (Å²) in [5.41, 5.74) is -1.37. The number of carbonyl (C=O) groups is 1. The fraction of sp³-hybridized carbons (Fsp3) is 0.500. The number of carboxylic acids is 1. The summed E-state index contributed by atoms with van der Waals surface area (Å²) in [5, 5.41) is 9.51. The van der Waals surface area contributed by atoms with Gasteiger partial charge in [-0.1, -0.05) is 6.07 Å². The molecule has 6 nitrogen and oxygen atoms in total. The van der Waals surface area contributed by atoms with Gasteiger partial charge in [0.05, 0.1) is 6.61 Å². The average molecular weight is 347 g/mol. The lowest BCUT2D eigenvalue weighted by Crippen LogP contribution is -2.46. The van der Waals surface area contributed by atoms with E-state index in [1.807, 2.05) is 0 Å². The van der Waals surface area contributed by atoms with Crippen LogP contribution in [0, 0.1) is 23.0 Å². The minimum atomic E-state index is -4.47. The minimum Gasteiger partial charge on any atom is -0.481 e. The lowest BCUT2D eigenvalue weighted by molar-refractivity contribution is -0.159. The first-order valence-corrected chi connectivity index (χ1v) is 8.48. The van der Waals surface area contributed by atoms with Crippen molar-refractivity contribution in [1.82, 2.24) is 4.31 Å². The number of rotatable bonds is 3. The fourth-order valence-corrected chi connectivity index (χ4v) is 4.95. The quantitative estimate of drug-likeness (QED) is 0.884. The molecule has 2 fully saturated rings. The number of ether oxygens (including phenoxy) is 1. The minimum absolute atomic E-state index is 0.0915. The van der Waals surface area contributed by atoms with Crippen LogP contribution in [0.4, 0.5) is 8.78 Å². The van der Waals surface area contributed by atoms with E-state index in [9.17, 15) is 27.1 Å². The number of hydrogen-bond acceptors (Lipinski definition) is 4. The van der Waals surface area contributed by atoms with Crippen molar-refractivity contribution in [3.05, 3.63) is 29.8 Å². The molecule has 3 rings (SSSR count). The van der Waals surface area contributed by atoms with E-state index in [1.54, 1.807) is 0 Å². The van der Waals surface area contributed by atoms with Crippen molar-refractivity contribution in [1.29, 1.82) is 0 Å². The summed E-state index contributed by atoms with van der Waals surface area (Å²) in [4.78, 5) is 10.6. The smallest absolute Gasteiger partial charge is 0.313 e. The predicted molar refractivity (Wildman–Crippen MR) is 74.1 cm³/mol. The summed E-state index contributed by atoms with van der Waals surface area (Å²) in [7, 11) is -4.47. The molecule has 23 heavy (non-hydrogen) atoms. The maximum Gasteiger partial charge on any atom is 0.313 e. The van der Waals surface area contributed by atoms with Gasteiger partial charge >= 0.3 is 5.97 Å². The first-order chi connectivity index (χ1) is 10.8. The van der Waals surface area contributed by atoms with Crippen molar-refractivity contribution in [3.63, 3.8) is 0 Å². The van der Waals surface area contributed by atoms with Gasteiger partial charge in [0.2, 0.25) is 10.0 Å². The zero-order valence-corrected chi connectivity index (χ0v) is 12.9. The van der Waals surface area contributed by atoms with E-state index in [0.29, 0.717) is 13.0 Å². The predicted octanol–water partition coefficient (Wildman–Crippen LogP) is 1.08. The standard InChI is InChI=1S/C14H15F2NO5S/c15-10-2-1-3-11(16)12(10)23(20,21)17-6-9-4-5-22-8-14(9,7-17)13(18)19/h1-3,9H,4-8H2,(H,18,19)/t9-,14+/m0/s1. The van der Waals surface area contributed by atoms with Gasteiger partial charge in [0.1, 0.15) is 17.0 Å². The van der Waals surface area contributed by atoms with Crippen molar-refractivity contribution < 1.29 is 31.8 Å². The Kier molecular flexibility index (Phi) is 3.89. The Morgan fingerprint density at radius 1 is 1.35 bits per heavy atom. The molecule has 0 bridgehead atoms. The van der Waals surface area contributed by atoms with Gasteiger partial charge in [-0.3, -0.25) is 4.79 Å². The number of hydrogen-bond donors (Lipinski definition) is 1. The summed E-state index contributed by atoms with van der Waals surface area (Å²) in [6.07, 6.45) is 0.387. The number of aliphatic carboxylic acids is 1. The third-order valence-corrected chi connectivity index (χ3v) is 6.44. The molecule has 9 heteroatoms. The van der Waals surface area contributed by atoms with Crippen LogP contribution >= 0.6 is 0 Å². The second kappa shape index (κ2) is 5.50. The number of carboxylic acid groups (broad SMARTS) is 1. The molecule has 2 aliphatic heterocycles. The van der Waals surface area contributed by atoms with E-state index in [0.717, 1.165) is 22.5 Å². The Balaban J connectivity index is 2.01. The molecular formula is C14H15F2NO5S. The van der Waals surface area contributed by atoms with Gasteiger partial charge in [-0.2, -0.15) is 4.31 Å². The van der Waals surface area contributed by atoms with Crippen molar-refractivity contribution in [2.24, 2.45) is 11.3 Å². The fourth-order valence-electron chi connectivity index (χ4n) is 3.29. The molecule has 2 saturated heterocycles. The summed E-state index contributed by atoms with van der Waals surface area (Å²) in [5.74, 6) is -3.99. The largest absolute Gasteiger partial charge is 0.481 e. The van der Waals surface area contributed by atoms with Gasteiger partial charge in [-0.25, -0.2) is 17.2 Å². The first-order valence-electron chi connectivity index (χ1n) is 7.04. The molecule has 0 unspecified atom stereocenters. The third-order valence-electron chi connectivity index (χ3n) is 4.58. The van der Waals surface area contributed by atoms with Gasteiger partial charge in [0.25, 0.3) is 0 Å². The van der Waals surface area contributed by atoms with Crippen LogP contribution in [0.5, 0.6) is 0 Å². The zero-order valence-electron chi connectivity index (χ0n) is 12.0. The third kappa shape index (κ3) is 2.43. The number of halogens is 2. The molecule has 0 aromatic heterocycles. The van der Waals surface area contributed by atoms with Gasteiger partial charge < -0.3 is 9.84 Å². The Labute approximate surface area is 131 Å². The highest BCUT2D eigenvalue weighted by Crippen LogP contribution is 2.43. The summed E-state index contributed by atoms with van der Waals surface area (Å²) < 4.78 is 58.9. The number of fused-ring (bicyclic) bond motifs is 1. The number of sulfonamides is 1. The Morgan fingerprint density at radius 3 is 2.57 bits per heavy atom. The van der Waals surface area contributed by atoms with Gasteiger partial charge in [-0.15, -0.1) is 0 Å². The Hall–Kier alpha value is -1.58. The second-order valence-electron chi connectivity index (χ2n) is 5.85. The van der Waals surface area contributed by atoms with E-state index in [4.69, 9.17) is 4.74 Å². The highest BCUT2D eigenvalue weighted by atomic mass is 32.2. The van der Waals surface area contributed by atoms with Crippen molar-refractivity contribution in [2.75, 3.05) is 26.3 Å². The van der Waals surface area contributed by atoms with Crippen molar-refractivity contribution >= 4 is 16.0 Å². The van der Waals surface area contributed by atoms with E-state index >= 15 is 0 Å². The number of benzene rings is 1. The zero-order chi connectivity index (χ0) is 16.8. The van der Waals surface area contributed by atoms with Crippen LogP contribution in [0.15, 0.2) is 23.1 Å². The van der Waals surface area contributed by atoms with Gasteiger partial charge in [0, 0.05) is 19.7 Å². The molecule has 2 atom stereocenters. The van der Waals surface area contributed by atoms with E-state index in [2.05, 4.69) is 0 Å². The average Bonchev–Trinajstić information content (AvgIpc) is 2.88. The summed E-state index contributed by atoms with van der Waals surface area (Å²) in [6.45, 7) is -0.227. The van der Waals surface area contributed by atoms with Gasteiger partial charge in [-0.05, 0) is 24.5 Å². The molecule has 1 N–H and O–H groups in total.